The van der Waals surface area contributed by atoms with E-state index in [0.29, 0.717) is 0 Å². The highest BCUT2D eigenvalue weighted by molar-refractivity contribution is 9.10. The molecule has 0 heterocycles. The molecule has 2 rings (SSSR count). The maximum absolute atomic E-state index is 13.4. The molecule has 0 radical (unpaired) electrons. The summed E-state index contributed by atoms with van der Waals surface area (Å²) in [6.07, 6.45) is 0. The fraction of sp³-hybridized carbons (Fsp3) is 0. The molecule has 2 aromatic carbocycles. The van der Waals surface area contributed by atoms with Gasteiger partial charge < -0.3 is 9.84 Å². The number of benzene rings is 2. The minimum Gasteiger partial charge on any atom is -0.477 e. The van der Waals surface area contributed by atoms with Gasteiger partial charge in [0.2, 0.25) is 0 Å². The van der Waals surface area contributed by atoms with Gasteiger partial charge in [0.05, 0.1) is 4.47 Å². The number of carboxylic acid groups (broad SMARTS) is 1. The van der Waals surface area contributed by atoms with Crippen LogP contribution in [0.3, 0.4) is 0 Å². The minimum absolute atomic E-state index is 0.147. The van der Waals surface area contributed by atoms with Crippen LogP contribution in [0.4, 0.5) is 8.78 Å². The molecule has 0 unspecified atom stereocenters. The van der Waals surface area contributed by atoms with Gasteiger partial charge in [-0.25, -0.2) is 13.6 Å². The molecule has 3 nitrogen and oxygen atoms in total. The van der Waals surface area contributed by atoms with E-state index in [1.807, 2.05) is 0 Å². The fourth-order valence-corrected chi connectivity index (χ4v) is 1.82. The number of hydrogen-bond donors (Lipinski definition) is 1. The SMILES string of the molecule is O=C(O)c1c(F)cccc1Oc1ccc(F)c(Br)c1. The average molecular weight is 329 g/mol. The van der Waals surface area contributed by atoms with Gasteiger partial charge in [-0.2, -0.15) is 0 Å². The third-order valence-electron chi connectivity index (χ3n) is 2.31. The summed E-state index contributed by atoms with van der Waals surface area (Å²) in [6.45, 7) is 0. The summed E-state index contributed by atoms with van der Waals surface area (Å²) in [5, 5.41) is 8.93. The molecular weight excluding hydrogens is 322 g/mol. The number of carboxylic acids is 1. The second-order valence-corrected chi connectivity index (χ2v) is 4.45. The van der Waals surface area contributed by atoms with Gasteiger partial charge in [-0.3, -0.25) is 0 Å². The van der Waals surface area contributed by atoms with Crippen LogP contribution in [0.2, 0.25) is 0 Å². The van der Waals surface area contributed by atoms with Crippen molar-refractivity contribution < 1.29 is 23.4 Å². The summed E-state index contributed by atoms with van der Waals surface area (Å²) >= 11 is 2.98. The summed E-state index contributed by atoms with van der Waals surface area (Å²) < 4.78 is 31.9. The van der Waals surface area contributed by atoms with Crippen molar-refractivity contribution in [2.45, 2.75) is 0 Å². The van der Waals surface area contributed by atoms with Crippen LogP contribution in [0.25, 0.3) is 0 Å². The molecule has 0 aliphatic heterocycles. The normalized spacial score (nSPS) is 10.3. The summed E-state index contributed by atoms with van der Waals surface area (Å²) in [5.41, 5.74) is -0.567. The maximum Gasteiger partial charge on any atom is 0.342 e. The van der Waals surface area contributed by atoms with Crippen LogP contribution in [0.1, 0.15) is 10.4 Å². The molecule has 0 saturated carbocycles. The smallest absolute Gasteiger partial charge is 0.342 e. The number of carbonyl (C=O) groups is 1. The van der Waals surface area contributed by atoms with E-state index in [2.05, 4.69) is 15.9 Å². The maximum atomic E-state index is 13.4. The second kappa shape index (κ2) is 5.36. The fourth-order valence-electron chi connectivity index (χ4n) is 1.46. The Hall–Kier alpha value is -1.95. The van der Waals surface area contributed by atoms with E-state index in [1.54, 1.807) is 0 Å². The molecule has 0 atom stereocenters. The van der Waals surface area contributed by atoms with E-state index in [-0.39, 0.29) is 16.0 Å². The zero-order valence-corrected chi connectivity index (χ0v) is 10.9. The molecular formula is C13H7BrF2O3. The van der Waals surface area contributed by atoms with Crippen LogP contribution in [-0.4, -0.2) is 11.1 Å². The Balaban J connectivity index is 2.40. The summed E-state index contributed by atoms with van der Waals surface area (Å²) in [5.74, 6) is -2.77. The lowest BCUT2D eigenvalue weighted by atomic mass is 10.2. The molecule has 0 bridgehead atoms. The molecule has 0 aromatic heterocycles. The van der Waals surface area contributed by atoms with Gasteiger partial charge in [-0.1, -0.05) is 6.07 Å². The number of hydrogen-bond acceptors (Lipinski definition) is 2. The Bertz CT molecular complexity index is 644. The van der Waals surface area contributed by atoms with Gasteiger partial charge in [-0.05, 0) is 46.3 Å². The van der Waals surface area contributed by atoms with E-state index in [4.69, 9.17) is 9.84 Å². The van der Waals surface area contributed by atoms with Gasteiger partial charge in [0.1, 0.15) is 28.7 Å². The van der Waals surface area contributed by atoms with Gasteiger partial charge >= 0.3 is 5.97 Å². The Kier molecular flexibility index (Phi) is 3.80. The molecule has 19 heavy (non-hydrogen) atoms. The van der Waals surface area contributed by atoms with Gasteiger partial charge in [-0.15, -0.1) is 0 Å². The lowest BCUT2D eigenvalue weighted by Crippen LogP contribution is -2.03. The third kappa shape index (κ3) is 2.90. The summed E-state index contributed by atoms with van der Waals surface area (Å²) in [4.78, 5) is 11.0. The number of aromatic carboxylic acids is 1. The number of ether oxygens (including phenoxy) is 1. The second-order valence-electron chi connectivity index (χ2n) is 3.60. The predicted octanol–water partition coefficient (Wildman–Crippen LogP) is 4.22. The molecule has 2 aromatic rings. The van der Waals surface area contributed by atoms with Crippen LogP contribution in [0, 0.1) is 11.6 Å². The van der Waals surface area contributed by atoms with Gasteiger partial charge in [0.15, 0.2) is 0 Å². The van der Waals surface area contributed by atoms with Crippen molar-refractivity contribution in [1.82, 2.24) is 0 Å². The minimum atomic E-state index is -1.44. The zero-order chi connectivity index (χ0) is 14.0. The highest BCUT2D eigenvalue weighted by Gasteiger charge is 2.17. The average Bonchev–Trinajstić information content (AvgIpc) is 2.33. The molecule has 0 aliphatic carbocycles. The summed E-state index contributed by atoms with van der Waals surface area (Å²) in [7, 11) is 0. The van der Waals surface area contributed by atoms with E-state index in [9.17, 15) is 13.6 Å². The third-order valence-corrected chi connectivity index (χ3v) is 2.92. The van der Waals surface area contributed by atoms with Crippen molar-refractivity contribution in [3.8, 4) is 11.5 Å². The van der Waals surface area contributed by atoms with Crippen molar-refractivity contribution in [2.75, 3.05) is 0 Å². The molecule has 0 amide bonds. The van der Waals surface area contributed by atoms with E-state index in [1.165, 1.54) is 24.3 Å². The van der Waals surface area contributed by atoms with Crippen LogP contribution in [0.15, 0.2) is 40.9 Å². The molecule has 0 aliphatic rings. The van der Waals surface area contributed by atoms with Crippen molar-refractivity contribution in [1.29, 1.82) is 0 Å². The lowest BCUT2D eigenvalue weighted by Gasteiger charge is -2.09. The molecule has 98 valence electrons. The molecule has 1 N–H and O–H groups in total. The Morgan fingerprint density at radius 1 is 1.16 bits per heavy atom. The van der Waals surface area contributed by atoms with Gasteiger partial charge in [0, 0.05) is 0 Å². The Labute approximate surface area is 115 Å². The first-order valence-electron chi connectivity index (χ1n) is 5.13. The lowest BCUT2D eigenvalue weighted by molar-refractivity contribution is 0.0689. The standard InChI is InChI=1S/C13H7BrF2O3/c14-8-6-7(4-5-9(8)15)19-11-3-1-2-10(16)12(11)13(17)18/h1-6H,(H,17,18). The first-order valence-corrected chi connectivity index (χ1v) is 5.93. The monoisotopic (exact) mass is 328 g/mol. The topological polar surface area (TPSA) is 46.5 Å². The van der Waals surface area contributed by atoms with E-state index < -0.39 is 23.2 Å². The van der Waals surface area contributed by atoms with Crippen molar-refractivity contribution in [3.63, 3.8) is 0 Å². The van der Waals surface area contributed by atoms with Crippen molar-refractivity contribution in [3.05, 3.63) is 58.1 Å². The van der Waals surface area contributed by atoms with Crippen LogP contribution in [-0.2, 0) is 0 Å². The van der Waals surface area contributed by atoms with Crippen molar-refractivity contribution >= 4 is 21.9 Å². The molecule has 0 spiro atoms. The predicted molar refractivity (Wildman–Crippen MR) is 67.5 cm³/mol. The number of rotatable bonds is 3. The van der Waals surface area contributed by atoms with Crippen LogP contribution >= 0.6 is 15.9 Å². The zero-order valence-electron chi connectivity index (χ0n) is 9.36. The summed E-state index contributed by atoms with van der Waals surface area (Å²) in [6, 6.07) is 7.47. The van der Waals surface area contributed by atoms with Crippen LogP contribution in [0.5, 0.6) is 11.5 Å². The van der Waals surface area contributed by atoms with Crippen molar-refractivity contribution in [2.24, 2.45) is 0 Å². The highest BCUT2D eigenvalue weighted by Crippen LogP contribution is 2.29. The molecule has 0 saturated heterocycles. The Morgan fingerprint density at radius 2 is 1.89 bits per heavy atom. The molecule has 0 fully saturated rings. The highest BCUT2D eigenvalue weighted by atomic mass is 79.9. The van der Waals surface area contributed by atoms with Gasteiger partial charge in [0.25, 0.3) is 0 Å². The van der Waals surface area contributed by atoms with E-state index in [0.717, 1.165) is 12.1 Å². The quantitative estimate of drug-likeness (QED) is 0.917. The molecule has 6 heteroatoms. The largest absolute Gasteiger partial charge is 0.477 e. The number of halogens is 3. The van der Waals surface area contributed by atoms with E-state index >= 15 is 0 Å². The van der Waals surface area contributed by atoms with Crippen LogP contribution < -0.4 is 4.74 Å². The Morgan fingerprint density at radius 3 is 2.53 bits per heavy atom. The first-order chi connectivity index (χ1) is 8.99. The first kappa shape index (κ1) is 13.5.